The molecule has 0 spiro atoms. The fraction of sp³-hybridized carbons (Fsp3) is 0. The maximum Gasteiger partial charge on any atom is 0.257 e. The number of rotatable bonds is 2. The summed E-state index contributed by atoms with van der Waals surface area (Å²) in [5.41, 5.74) is 5.91. The van der Waals surface area contributed by atoms with E-state index in [2.05, 4.69) is 15.3 Å². The van der Waals surface area contributed by atoms with E-state index in [-0.39, 0.29) is 22.3 Å². The molecule has 0 fully saturated rings. The SMILES string of the molecule is Nc1ncccc1NC(=O)c1cnc2c(F)ccc(F)c2c1. The summed E-state index contributed by atoms with van der Waals surface area (Å²) in [6, 6.07) is 6.40. The van der Waals surface area contributed by atoms with Crippen LogP contribution in [0.25, 0.3) is 10.9 Å². The summed E-state index contributed by atoms with van der Waals surface area (Å²) >= 11 is 0. The number of halogens is 2. The number of pyridine rings is 2. The first-order chi connectivity index (χ1) is 10.6. The molecule has 1 amide bonds. The van der Waals surface area contributed by atoms with Crippen molar-refractivity contribution in [1.29, 1.82) is 0 Å². The van der Waals surface area contributed by atoms with Gasteiger partial charge in [0.25, 0.3) is 5.91 Å². The number of anilines is 2. The van der Waals surface area contributed by atoms with Crippen LogP contribution in [0.1, 0.15) is 10.4 Å². The van der Waals surface area contributed by atoms with Gasteiger partial charge in [-0.1, -0.05) is 0 Å². The van der Waals surface area contributed by atoms with Crippen molar-refractivity contribution in [3.8, 4) is 0 Å². The van der Waals surface area contributed by atoms with E-state index in [0.29, 0.717) is 5.69 Å². The van der Waals surface area contributed by atoms with Gasteiger partial charge in [-0.3, -0.25) is 9.78 Å². The second kappa shape index (κ2) is 5.36. The molecule has 0 aliphatic carbocycles. The molecular formula is C15H10F2N4O. The van der Waals surface area contributed by atoms with Crippen molar-refractivity contribution in [2.45, 2.75) is 0 Å². The molecule has 22 heavy (non-hydrogen) atoms. The van der Waals surface area contributed by atoms with Crippen LogP contribution in [-0.4, -0.2) is 15.9 Å². The van der Waals surface area contributed by atoms with Crippen LogP contribution in [0.5, 0.6) is 0 Å². The van der Waals surface area contributed by atoms with Crippen molar-refractivity contribution in [3.05, 3.63) is 59.9 Å². The number of hydrogen-bond donors (Lipinski definition) is 2. The van der Waals surface area contributed by atoms with Crippen LogP contribution in [0, 0.1) is 11.6 Å². The predicted octanol–water partition coefficient (Wildman–Crippen LogP) is 2.74. The molecule has 110 valence electrons. The van der Waals surface area contributed by atoms with Crippen LogP contribution in [0.4, 0.5) is 20.3 Å². The monoisotopic (exact) mass is 300 g/mol. The fourth-order valence-electron chi connectivity index (χ4n) is 1.99. The third-order valence-electron chi connectivity index (χ3n) is 3.10. The molecular weight excluding hydrogens is 290 g/mol. The largest absolute Gasteiger partial charge is 0.382 e. The summed E-state index contributed by atoms with van der Waals surface area (Å²) in [6.07, 6.45) is 2.66. The van der Waals surface area contributed by atoms with E-state index in [0.717, 1.165) is 12.1 Å². The number of nitrogens with two attached hydrogens (primary N) is 1. The van der Waals surface area contributed by atoms with Gasteiger partial charge >= 0.3 is 0 Å². The maximum atomic E-state index is 13.7. The van der Waals surface area contributed by atoms with Gasteiger partial charge in [0.2, 0.25) is 0 Å². The van der Waals surface area contributed by atoms with Crippen LogP contribution in [0.15, 0.2) is 42.7 Å². The molecule has 0 atom stereocenters. The summed E-state index contributed by atoms with van der Waals surface area (Å²) in [4.78, 5) is 19.8. The number of nitrogens with one attached hydrogen (secondary N) is 1. The number of amides is 1. The van der Waals surface area contributed by atoms with Gasteiger partial charge < -0.3 is 11.1 Å². The Morgan fingerprint density at radius 2 is 1.91 bits per heavy atom. The quantitative estimate of drug-likeness (QED) is 0.762. The first-order valence-corrected chi connectivity index (χ1v) is 6.32. The smallest absolute Gasteiger partial charge is 0.257 e. The molecule has 0 saturated heterocycles. The lowest BCUT2D eigenvalue weighted by atomic mass is 10.1. The highest BCUT2D eigenvalue weighted by Gasteiger charge is 2.13. The fourth-order valence-corrected chi connectivity index (χ4v) is 1.99. The van der Waals surface area contributed by atoms with E-state index < -0.39 is 17.5 Å². The van der Waals surface area contributed by atoms with Crippen LogP contribution in [0.3, 0.4) is 0 Å². The summed E-state index contributed by atoms with van der Waals surface area (Å²) in [5, 5.41) is 2.48. The van der Waals surface area contributed by atoms with Gasteiger partial charge in [-0.2, -0.15) is 0 Å². The lowest BCUT2D eigenvalue weighted by Gasteiger charge is -2.08. The van der Waals surface area contributed by atoms with E-state index in [4.69, 9.17) is 5.73 Å². The first kappa shape index (κ1) is 13.9. The number of fused-ring (bicyclic) bond motifs is 1. The van der Waals surface area contributed by atoms with Crippen molar-refractivity contribution in [2.24, 2.45) is 0 Å². The minimum absolute atomic E-state index is 0.0631. The summed E-state index contributed by atoms with van der Waals surface area (Å²) < 4.78 is 27.3. The standard InChI is InChI=1S/C15H10F2N4O/c16-10-3-4-11(17)13-9(10)6-8(7-20-13)15(22)21-12-2-1-5-19-14(12)18/h1-7H,(H2,18,19)(H,21,22). The Kier molecular flexibility index (Phi) is 3.38. The molecule has 3 aromatic rings. The molecule has 0 bridgehead atoms. The third-order valence-corrected chi connectivity index (χ3v) is 3.10. The third kappa shape index (κ3) is 2.44. The zero-order valence-corrected chi connectivity index (χ0v) is 11.2. The molecule has 0 unspecified atom stereocenters. The average Bonchev–Trinajstić information content (AvgIpc) is 2.53. The van der Waals surface area contributed by atoms with Crippen molar-refractivity contribution < 1.29 is 13.6 Å². The molecule has 0 radical (unpaired) electrons. The van der Waals surface area contributed by atoms with Crippen molar-refractivity contribution in [1.82, 2.24) is 9.97 Å². The average molecular weight is 300 g/mol. The van der Waals surface area contributed by atoms with Gasteiger partial charge in [0.1, 0.15) is 23.0 Å². The maximum absolute atomic E-state index is 13.7. The van der Waals surface area contributed by atoms with Crippen LogP contribution in [0.2, 0.25) is 0 Å². The number of nitrogens with zero attached hydrogens (tertiary/aromatic N) is 2. The van der Waals surface area contributed by atoms with Gasteiger partial charge in [0.05, 0.1) is 11.3 Å². The Bertz CT molecular complexity index is 883. The van der Waals surface area contributed by atoms with Crippen LogP contribution in [-0.2, 0) is 0 Å². The number of aromatic nitrogens is 2. The Labute approximate surface area is 123 Å². The highest BCUT2D eigenvalue weighted by molar-refractivity contribution is 6.06. The second-order valence-electron chi connectivity index (χ2n) is 4.54. The Hall–Kier alpha value is -3.09. The highest BCUT2D eigenvalue weighted by atomic mass is 19.1. The summed E-state index contributed by atoms with van der Waals surface area (Å²) in [5.74, 6) is -1.70. The van der Waals surface area contributed by atoms with Crippen LogP contribution < -0.4 is 11.1 Å². The highest BCUT2D eigenvalue weighted by Crippen LogP contribution is 2.21. The predicted molar refractivity (Wildman–Crippen MR) is 78.3 cm³/mol. The molecule has 2 aromatic heterocycles. The molecule has 3 N–H and O–H groups in total. The molecule has 0 saturated carbocycles. The van der Waals surface area contributed by atoms with Gasteiger partial charge in [-0.25, -0.2) is 13.8 Å². The van der Waals surface area contributed by atoms with Gasteiger partial charge in [0.15, 0.2) is 0 Å². The molecule has 7 heteroatoms. The number of hydrogen-bond acceptors (Lipinski definition) is 4. The molecule has 3 rings (SSSR count). The van der Waals surface area contributed by atoms with E-state index in [1.165, 1.54) is 18.5 Å². The Balaban J connectivity index is 1.98. The van der Waals surface area contributed by atoms with E-state index in [1.807, 2.05) is 0 Å². The topological polar surface area (TPSA) is 80.9 Å². The number of benzene rings is 1. The zero-order valence-electron chi connectivity index (χ0n) is 11.2. The molecule has 5 nitrogen and oxygen atoms in total. The van der Waals surface area contributed by atoms with E-state index >= 15 is 0 Å². The molecule has 1 aromatic carbocycles. The van der Waals surface area contributed by atoms with Crippen molar-refractivity contribution >= 4 is 28.3 Å². The first-order valence-electron chi connectivity index (χ1n) is 6.32. The van der Waals surface area contributed by atoms with Crippen molar-refractivity contribution in [2.75, 3.05) is 11.1 Å². The zero-order chi connectivity index (χ0) is 15.7. The lowest BCUT2D eigenvalue weighted by Crippen LogP contribution is -2.14. The van der Waals surface area contributed by atoms with E-state index in [1.54, 1.807) is 12.1 Å². The van der Waals surface area contributed by atoms with Gasteiger partial charge in [-0.05, 0) is 30.3 Å². The van der Waals surface area contributed by atoms with E-state index in [9.17, 15) is 13.6 Å². The normalized spacial score (nSPS) is 10.6. The summed E-state index contributed by atoms with van der Waals surface area (Å²) in [7, 11) is 0. The minimum atomic E-state index is -0.653. The molecule has 2 heterocycles. The lowest BCUT2D eigenvalue weighted by molar-refractivity contribution is 0.102. The van der Waals surface area contributed by atoms with Crippen molar-refractivity contribution in [3.63, 3.8) is 0 Å². The number of carbonyl (C=O) groups is 1. The number of carbonyl (C=O) groups excluding carboxylic acids is 1. The number of nitrogen functional groups attached to an aromatic ring is 1. The Morgan fingerprint density at radius 1 is 1.14 bits per heavy atom. The summed E-state index contributed by atoms with van der Waals surface area (Å²) in [6.45, 7) is 0. The molecule has 0 aliphatic rings. The van der Waals surface area contributed by atoms with Gasteiger partial charge in [0, 0.05) is 17.8 Å². The Morgan fingerprint density at radius 3 is 2.68 bits per heavy atom. The second-order valence-corrected chi connectivity index (χ2v) is 4.54. The minimum Gasteiger partial charge on any atom is -0.382 e. The molecule has 0 aliphatic heterocycles. The van der Waals surface area contributed by atoms with Crippen LogP contribution >= 0.6 is 0 Å². The van der Waals surface area contributed by atoms with Gasteiger partial charge in [-0.15, -0.1) is 0 Å².